The Kier molecular flexibility index (Phi) is 10.5. The van der Waals surface area contributed by atoms with E-state index in [2.05, 4.69) is 49.4 Å². The maximum absolute atomic E-state index is 14.5. The summed E-state index contributed by atoms with van der Waals surface area (Å²) in [7, 11) is 1.59. The lowest BCUT2D eigenvalue weighted by Crippen LogP contribution is -2.69. The first-order valence-corrected chi connectivity index (χ1v) is 18.2. The second kappa shape index (κ2) is 14.9. The molecule has 266 valence electrons. The maximum Gasteiger partial charge on any atom is 0.410 e. The summed E-state index contributed by atoms with van der Waals surface area (Å²) in [5, 5.41) is 24.2. The van der Waals surface area contributed by atoms with Crippen LogP contribution in [0.2, 0.25) is 0 Å². The van der Waals surface area contributed by atoms with Crippen LogP contribution in [0.25, 0.3) is 11.1 Å². The van der Waals surface area contributed by atoms with E-state index in [0.29, 0.717) is 55.4 Å². The van der Waals surface area contributed by atoms with Crippen molar-refractivity contribution in [2.45, 2.75) is 109 Å². The molecule has 1 N–H and O–H groups in total. The number of rotatable bonds is 9. The quantitative estimate of drug-likeness (QED) is 0.249. The van der Waals surface area contributed by atoms with Crippen molar-refractivity contribution in [1.82, 2.24) is 14.7 Å². The van der Waals surface area contributed by atoms with Gasteiger partial charge in [0.2, 0.25) is 5.91 Å². The van der Waals surface area contributed by atoms with Crippen molar-refractivity contribution in [1.29, 1.82) is 5.26 Å². The highest BCUT2D eigenvalue weighted by atomic mass is 16.6. The van der Waals surface area contributed by atoms with Crippen molar-refractivity contribution in [3.8, 4) is 22.9 Å². The molecule has 2 aromatic carbocycles. The molecule has 1 saturated heterocycles. The molecule has 50 heavy (non-hydrogen) atoms. The van der Waals surface area contributed by atoms with Crippen LogP contribution in [0.5, 0.6) is 5.75 Å². The molecule has 2 amide bonds. The molecule has 0 bridgehead atoms. The van der Waals surface area contributed by atoms with Crippen LogP contribution in [0, 0.1) is 23.2 Å². The Labute approximate surface area is 296 Å². The number of carbonyl (C=O) groups excluding carboxylic acids is 2. The van der Waals surface area contributed by atoms with E-state index in [1.165, 1.54) is 5.56 Å². The minimum Gasteiger partial charge on any atom is -0.495 e. The highest BCUT2D eigenvalue weighted by Gasteiger charge is 2.49. The van der Waals surface area contributed by atoms with Gasteiger partial charge in [-0.15, -0.1) is 0 Å². The van der Waals surface area contributed by atoms with Crippen LogP contribution in [-0.2, 0) is 9.53 Å². The first-order valence-electron chi connectivity index (χ1n) is 18.2. The molecular weight excluding hydrogens is 630 g/mol. The number of anilines is 1. The fourth-order valence-corrected chi connectivity index (χ4v) is 7.81. The summed E-state index contributed by atoms with van der Waals surface area (Å²) in [5.74, 6) is 1.30. The molecule has 1 atom stereocenters. The van der Waals surface area contributed by atoms with E-state index < -0.39 is 11.6 Å². The van der Waals surface area contributed by atoms with Crippen LogP contribution in [0.15, 0.2) is 54.9 Å². The zero-order valence-electron chi connectivity index (χ0n) is 30.0. The lowest BCUT2D eigenvalue weighted by Gasteiger charge is -2.51. The molecule has 3 fully saturated rings. The van der Waals surface area contributed by atoms with Gasteiger partial charge in [-0.1, -0.05) is 18.2 Å². The van der Waals surface area contributed by atoms with E-state index in [0.717, 1.165) is 42.5 Å². The number of hydrogen-bond donors (Lipinski definition) is 1. The van der Waals surface area contributed by atoms with Crippen molar-refractivity contribution in [2.75, 3.05) is 25.1 Å². The SMILES string of the molecule is COc1ccc(C2CCC(CN(C(=O)C3CCC(OC(=O)N4CC(O)C4(C)C)CC3)c3cccc(-c4cnn(C(C)C)c4)c3)CC2)cc1C#N. The smallest absolute Gasteiger partial charge is 0.410 e. The summed E-state index contributed by atoms with van der Waals surface area (Å²) in [4.78, 5) is 30.9. The van der Waals surface area contributed by atoms with E-state index >= 15 is 0 Å². The fourth-order valence-electron chi connectivity index (χ4n) is 7.81. The van der Waals surface area contributed by atoms with Crippen molar-refractivity contribution >= 4 is 17.7 Å². The molecule has 2 heterocycles. The third-order valence-corrected chi connectivity index (χ3v) is 11.4. The van der Waals surface area contributed by atoms with Crippen molar-refractivity contribution in [3.63, 3.8) is 0 Å². The zero-order chi connectivity index (χ0) is 35.6. The van der Waals surface area contributed by atoms with Crippen LogP contribution < -0.4 is 9.64 Å². The van der Waals surface area contributed by atoms with Gasteiger partial charge in [0.15, 0.2) is 0 Å². The standard InChI is InChI=1S/C40H51N5O5/c1-26(2)45-24-33(22-42-45)30-7-6-8-34(20-30)43(23-27-9-11-28(12-10-27)31-15-18-36(49-5)32(19-31)21-41)38(47)29-13-16-35(17-14-29)50-39(48)44-25-37(46)40(44,3)4/h6-8,15,18-20,22,24,26-29,35,37,46H,9-14,16-17,23,25H2,1-5H3. The first kappa shape index (κ1) is 35.5. The summed E-state index contributed by atoms with van der Waals surface area (Å²) >= 11 is 0. The largest absolute Gasteiger partial charge is 0.495 e. The number of amides is 2. The highest BCUT2D eigenvalue weighted by Crippen LogP contribution is 2.39. The van der Waals surface area contributed by atoms with E-state index in [-0.39, 0.29) is 36.6 Å². The molecule has 0 radical (unpaired) electrons. The average molecular weight is 682 g/mol. The number of hydrogen-bond acceptors (Lipinski definition) is 7. The average Bonchev–Trinajstić information content (AvgIpc) is 3.64. The Morgan fingerprint density at radius 1 is 1.04 bits per heavy atom. The second-order valence-electron chi connectivity index (χ2n) is 15.2. The lowest BCUT2D eigenvalue weighted by molar-refractivity contribution is -0.125. The predicted octanol–water partition coefficient (Wildman–Crippen LogP) is 7.47. The monoisotopic (exact) mass is 681 g/mol. The number of nitrogens with zero attached hydrogens (tertiary/aromatic N) is 5. The molecule has 2 aliphatic carbocycles. The second-order valence-corrected chi connectivity index (χ2v) is 15.2. The minimum atomic E-state index is -0.625. The molecule has 6 rings (SSSR count). The summed E-state index contributed by atoms with van der Waals surface area (Å²) in [5.41, 5.74) is 4.06. The van der Waals surface area contributed by atoms with Gasteiger partial charge in [0.05, 0.1) is 37.1 Å². The van der Waals surface area contributed by atoms with E-state index in [4.69, 9.17) is 9.47 Å². The van der Waals surface area contributed by atoms with Gasteiger partial charge in [-0.2, -0.15) is 10.4 Å². The minimum absolute atomic E-state index is 0.132. The van der Waals surface area contributed by atoms with Gasteiger partial charge in [0.1, 0.15) is 17.9 Å². The maximum atomic E-state index is 14.5. The molecule has 3 aromatic rings. The van der Waals surface area contributed by atoms with Crippen molar-refractivity contribution in [3.05, 3.63) is 66.0 Å². The number of aliphatic hydroxyl groups is 1. The van der Waals surface area contributed by atoms with Gasteiger partial charge < -0.3 is 19.5 Å². The zero-order valence-corrected chi connectivity index (χ0v) is 30.0. The number of ether oxygens (including phenoxy) is 2. The number of methoxy groups -OCH3 is 1. The normalized spacial score (nSPS) is 24.6. The first-order chi connectivity index (χ1) is 24.0. The lowest BCUT2D eigenvalue weighted by atomic mass is 9.78. The predicted molar refractivity (Wildman–Crippen MR) is 192 cm³/mol. The molecule has 10 nitrogen and oxygen atoms in total. The van der Waals surface area contributed by atoms with Crippen LogP contribution >= 0.6 is 0 Å². The Hall–Kier alpha value is -4.36. The molecule has 1 unspecified atom stereocenters. The van der Waals surface area contributed by atoms with Crippen molar-refractivity contribution < 1.29 is 24.2 Å². The third kappa shape index (κ3) is 7.39. The van der Waals surface area contributed by atoms with Gasteiger partial charge >= 0.3 is 6.09 Å². The summed E-state index contributed by atoms with van der Waals surface area (Å²) < 4.78 is 13.2. The van der Waals surface area contributed by atoms with Crippen LogP contribution in [0.3, 0.4) is 0 Å². The van der Waals surface area contributed by atoms with Gasteiger partial charge in [-0.25, -0.2) is 4.79 Å². The Bertz CT molecular complexity index is 1710. The summed E-state index contributed by atoms with van der Waals surface area (Å²) in [6.45, 7) is 8.82. The summed E-state index contributed by atoms with van der Waals surface area (Å²) in [6, 6.07) is 16.7. The van der Waals surface area contributed by atoms with E-state index in [1.54, 1.807) is 12.0 Å². The van der Waals surface area contributed by atoms with Crippen LogP contribution in [0.1, 0.15) is 102 Å². The molecule has 3 aliphatic rings. The van der Waals surface area contributed by atoms with E-state index in [9.17, 15) is 20.0 Å². The molecule has 0 spiro atoms. The number of likely N-dealkylation sites (tertiary alicyclic amines) is 1. The molecular formula is C40H51N5O5. The van der Waals surface area contributed by atoms with Crippen LogP contribution in [0.4, 0.5) is 10.5 Å². The highest BCUT2D eigenvalue weighted by molar-refractivity contribution is 5.95. The Morgan fingerprint density at radius 2 is 1.78 bits per heavy atom. The molecule has 1 aliphatic heterocycles. The van der Waals surface area contributed by atoms with Gasteiger partial charge in [-0.05, 0) is 126 Å². The Balaban J connectivity index is 1.15. The summed E-state index contributed by atoms with van der Waals surface area (Å²) in [6.07, 6.45) is 9.35. The van der Waals surface area contributed by atoms with Crippen LogP contribution in [-0.4, -0.2) is 69.7 Å². The van der Waals surface area contributed by atoms with Crippen molar-refractivity contribution in [2.24, 2.45) is 11.8 Å². The molecule has 2 saturated carbocycles. The Morgan fingerprint density at radius 3 is 2.40 bits per heavy atom. The van der Waals surface area contributed by atoms with E-state index in [1.807, 2.05) is 53.9 Å². The third-order valence-electron chi connectivity index (χ3n) is 11.4. The fraction of sp³-hybridized carbons (Fsp3) is 0.550. The number of benzene rings is 2. The number of nitriles is 1. The number of aliphatic hydroxyl groups excluding tert-OH is 1. The molecule has 10 heteroatoms. The van der Waals surface area contributed by atoms with Gasteiger partial charge in [0.25, 0.3) is 0 Å². The molecule has 1 aromatic heterocycles. The van der Waals surface area contributed by atoms with Gasteiger partial charge in [0, 0.05) is 36.0 Å². The number of β-amino-alcohol motifs (C(OH)–C–C–N with tert-alkyl or cyclic N) is 1. The number of aromatic nitrogens is 2. The van der Waals surface area contributed by atoms with Gasteiger partial charge in [-0.3, -0.25) is 14.4 Å². The number of carbonyl (C=O) groups is 2. The topological polar surface area (TPSA) is 121 Å².